The molecule has 5 heteroatoms. The summed E-state index contributed by atoms with van der Waals surface area (Å²) >= 11 is 0. The molecule has 0 bridgehead atoms. The quantitative estimate of drug-likeness (QED) is 0.933. The number of fused-ring (bicyclic) bond motifs is 1. The molecule has 0 atom stereocenters. The van der Waals surface area contributed by atoms with E-state index < -0.39 is 0 Å². The SMILES string of the molecule is Cc1ccc2nc(C(=O)NCCN3CCCCC3)cn2c1. The van der Waals surface area contributed by atoms with Gasteiger partial charge in [-0.2, -0.15) is 0 Å². The Morgan fingerprint density at radius 1 is 1.24 bits per heavy atom. The van der Waals surface area contributed by atoms with Gasteiger partial charge in [0.25, 0.3) is 5.91 Å². The Morgan fingerprint density at radius 2 is 2.05 bits per heavy atom. The summed E-state index contributed by atoms with van der Waals surface area (Å²) in [5.41, 5.74) is 2.44. The smallest absolute Gasteiger partial charge is 0.271 e. The van der Waals surface area contributed by atoms with E-state index >= 15 is 0 Å². The number of pyridine rings is 1. The standard InChI is InChI=1S/C16H22N4O/c1-13-5-6-15-18-14(12-20(15)11-13)16(21)17-7-10-19-8-3-2-4-9-19/h5-6,11-12H,2-4,7-10H2,1H3,(H,17,21). The van der Waals surface area contributed by atoms with Crippen molar-refractivity contribution in [2.24, 2.45) is 0 Å². The summed E-state index contributed by atoms with van der Waals surface area (Å²) in [7, 11) is 0. The minimum absolute atomic E-state index is 0.0895. The van der Waals surface area contributed by atoms with Gasteiger partial charge in [0.1, 0.15) is 11.3 Å². The first-order chi connectivity index (χ1) is 10.2. The summed E-state index contributed by atoms with van der Waals surface area (Å²) in [6.07, 6.45) is 7.66. The van der Waals surface area contributed by atoms with Gasteiger partial charge in [0.15, 0.2) is 0 Å². The molecule has 5 nitrogen and oxygen atoms in total. The van der Waals surface area contributed by atoms with Crippen LogP contribution in [0.5, 0.6) is 0 Å². The molecule has 1 saturated heterocycles. The van der Waals surface area contributed by atoms with E-state index in [9.17, 15) is 4.79 Å². The number of carbonyl (C=O) groups excluding carboxylic acids is 1. The van der Waals surface area contributed by atoms with Gasteiger partial charge in [-0.1, -0.05) is 12.5 Å². The predicted molar refractivity (Wildman–Crippen MR) is 82.6 cm³/mol. The number of rotatable bonds is 4. The monoisotopic (exact) mass is 286 g/mol. The average Bonchev–Trinajstić information content (AvgIpc) is 2.91. The van der Waals surface area contributed by atoms with Crippen molar-refractivity contribution in [2.75, 3.05) is 26.2 Å². The first kappa shape index (κ1) is 14.1. The molecule has 2 aromatic rings. The van der Waals surface area contributed by atoms with Crippen molar-refractivity contribution in [3.05, 3.63) is 35.8 Å². The molecule has 0 aliphatic carbocycles. The summed E-state index contributed by atoms with van der Waals surface area (Å²) in [6, 6.07) is 3.93. The Kier molecular flexibility index (Phi) is 4.20. The molecule has 2 aromatic heterocycles. The molecule has 1 aliphatic heterocycles. The van der Waals surface area contributed by atoms with Crippen molar-refractivity contribution in [3.8, 4) is 0 Å². The van der Waals surface area contributed by atoms with E-state index in [0.717, 1.165) is 30.8 Å². The average molecular weight is 286 g/mol. The number of aromatic nitrogens is 2. The third-order valence-electron chi connectivity index (χ3n) is 3.99. The molecular weight excluding hydrogens is 264 g/mol. The molecule has 3 rings (SSSR count). The molecule has 0 aromatic carbocycles. The molecule has 21 heavy (non-hydrogen) atoms. The number of hydrogen-bond donors (Lipinski definition) is 1. The van der Waals surface area contributed by atoms with E-state index in [1.54, 1.807) is 6.20 Å². The Balaban J connectivity index is 1.56. The first-order valence-electron chi connectivity index (χ1n) is 7.68. The van der Waals surface area contributed by atoms with Crippen LogP contribution in [0.15, 0.2) is 24.5 Å². The molecule has 0 saturated carbocycles. The normalized spacial score (nSPS) is 16.2. The summed E-state index contributed by atoms with van der Waals surface area (Å²) in [5, 5.41) is 2.97. The zero-order valence-corrected chi connectivity index (χ0v) is 12.5. The number of nitrogens with zero attached hydrogens (tertiary/aromatic N) is 3. The number of hydrogen-bond acceptors (Lipinski definition) is 3. The third-order valence-corrected chi connectivity index (χ3v) is 3.99. The lowest BCUT2D eigenvalue weighted by Gasteiger charge is -2.26. The highest BCUT2D eigenvalue weighted by Crippen LogP contribution is 2.08. The number of carbonyl (C=O) groups is 1. The Labute approximate surface area is 125 Å². The fourth-order valence-electron chi connectivity index (χ4n) is 2.81. The maximum absolute atomic E-state index is 12.1. The second-order valence-electron chi connectivity index (χ2n) is 5.76. The number of nitrogens with one attached hydrogen (secondary N) is 1. The maximum Gasteiger partial charge on any atom is 0.271 e. The molecule has 1 N–H and O–H groups in total. The van der Waals surface area contributed by atoms with Crippen molar-refractivity contribution in [3.63, 3.8) is 0 Å². The van der Waals surface area contributed by atoms with Gasteiger partial charge in [-0.3, -0.25) is 4.79 Å². The van der Waals surface area contributed by atoms with Crippen LogP contribution in [-0.2, 0) is 0 Å². The minimum atomic E-state index is -0.0895. The number of piperidine rings is 1. The molecule has 112 valence electrons. The highest BCUT2D eigenvalue weighted by atomic mass is 16.1. The van der Waals surface area contributed by atoms with Gasteiger partial charge in [-0.25, -0.2) is 4.98 Å². The van der Waals surface area contributed by atoms with Gasteiger partial charge in [0.2, 0.25) is 0 Å². The van der Waals surface area contributed by atoms with E-state index in [4.69, 9.17) is 0 Å². The topological polar surface area (TPSA) is 49.6 Å². The van der Waals surface area contributed by atoms with Crippen LogP contribution in [0.2, 0.25) is 0 Å². The molecule has 0 radical (unpaired) electrons. The second kappa shape index (κ2) is 6.26. The maximum atomic E-state index is 12.1. The van der Waals surface area contributed by atoms with Crippen LogP contribution in [-0.4, -0.2) is 46.4 Å². The van der Waals surface area contributed by atoms with E-state index in [1.165, 1.54) is 19.3 Å². The zero-order chi connectivity index (χ0) is 14.7. The van der Waals surface area contributed by atoms with Crippen LogP contribution in [0.25, 0.3) is 5.65 Å². The number of imidazole rings is 1. The first-order valence-corrected chi connectivity index (χ1v) is 7.68. The molecule has 1 amide bonds. The van der Waals surface area contributed by atoms with E-state index in [2.05, 4.69) is 15.2 Å². The highest BCUT2D eigenvalue weighted by Gasteiger charge is 2.12. The van der Waals surface area contributed by atoms with Crippen molar-refractivity contribution in [1.29, 1.82) is 0 Å². The van der Waals surface area contributed by atoms with Crippen molar-refractivity contribution in [1.82, 2.24) is 19.6 Å². The lowest BCUT2D eigenvalue weighted by molar-refractivity contribution is 0.0942. The van der Waals surface area contributed by atoms with Gasteiger partial charge >= 0.3 is 0 Å². The van der Waals surface area contributed by atoms with Gasteiger partial charge in [-0.15, -0.1) is 0 Å². The third kappa shape index (κ3) is 3.42. The lowest BCUT2D eigenvalue weighted by Crippen LogP contribution is -2.37. The van der Waals surface area contributed by atoms with Crippen LogP contribution in [0.3, 0.4) is 0 Å². The number of aryl methyl sites for hydroxylation is 1. The van der Waals surface area contributed by atoms with Crippen molar-refractivity contribution in [2.45, 2.75) is 26.2 Å². The lowest BCUT2D eigenvalue weighted by atomic mass is 10.1. The van der Waals surface area contributed by atoms with Gasteiger partial charge < -0.3 is 14.6 Å². The molecular formula is C16H22N4O. The zero-order valence-electron chi connectivity index (χ0n) is 12.5. The second-order valence-corrected chi connectivity index (χ2v) is 5.76. The summed E-state index contributed by atoms with van der Waals surface area (Å²) < 4.78 is 1.90. The van der Waals surface area contributed by atoms with Crippen molar-refractivity contribution < 1.29 is 4.79 Å². The van der Waals surface area contributed by atoms with E-state index in [1.807, 2.05) is 29.7 Å². The number of amides is 1. The van der Waals surface area contributed by atoms with E-state index in [-0.39, 0.29) is 5.91 Å². The molecule has 1 fully saturated rings. The van der Waals surface area contributed by atoms with Crippen LogP contribution in [0.1, 0.15) is 35.3 Å². The van der Waals surface area contributed by atoms with Crippen LogP contribution in [0.4, 0.5) is 0 Å². The summed E-state index contributed by atoms with van der Waals surface area (Å²) in [4.78, 5) is 18.9. The number of likely N-dealkylation sites (tertiary alicyclic amines) is 1. The predicted octanol–water partition coefficient (Wildman–Crippen LogP) is 1.86. The molecule has 3 heterocycles. The Hall–Kier alpha value is -1.88. The summed E-state index contributed by atoms with van der Waals surface area (Å²) in [5.74, 6) is -0.0895. The Bertz CT molecular complexity index is 628. The summed E-state index contributed by atoms with van der Waals surface area (Å²) in [6.45, 7) is 5.95. The largest absolute Gasteiger partial charge is 0.349 e. The van der Waals surface area contributed by atoms with Crippen LogP contribution >= 0.6 is 0 Å². The van der Waals surface area contributed by atoms with Crippen LogP contribution in [0, 0.1) is 6.92 Å². The highest BCUT2D eigenvalue weighted by molar-refractivity contribution is 5.92. The van der Waals surface area contributed by atoms with Gasteiger partial charge in [-0.05, 0) is 44.5 Å². The minimum Gasteiger partial charge on any atom is -0.349 e. The molecule has 0 spiro atoms. The van der Waals surface area contributed by atoms with Gasteiger partial charge in [0.05, 0.1) is 0 Å². The van der Waals surface area contributed by atoms with Crippen LogP contribution < -0.4 is 5.32 Å². The Morgan fingerprint density at radius 3 is 2.86 bits per heavy atom. The van der Waals surface area contributed by atoms with Crippen molar-refractivity contribution >= 4 is 11.6 Å². The fourth-order valence-corrected chi connectivity index (χ4v) is 2.81. The van der Waals surface area contributed by atoms with E-state index in [0.29, 0.717) is 12.2 Å². The van der Waals surface area contributed by atoms with Gasteiger partial charge in [0, 0.05) is 25.5 Å². The molecule has 1 aliphatic rings. The fraction of sp³-hybridized carbons (Fsp3) is 0.500. The molecule has 0 unspecified atom stereocenters.